The van der Waals surface area contributed by atoms with Crippen LogP contribution in [0.3, 0.4) is 0 Å². The molecule has 0 aliphatic heterocycles. The third kappa shape index (κ3) is 4.11. The Bertz CT molecular complexity index is 762. The molecule has 0 fully saturated rings. The van der Waals surface area contributed by atoms with E-state index in [1.807, 2.05) is 18.2 Å². The summed E-state index contributed by atoms with van der Waals surface area (Å²) in [5.74, 6) is 0. The van der Waals surface area contributed by atoms with Gasteiger partial charge >= 0.3 is 0 Å². The van der Waals surface area contributed by atoms with E-state index in [-0.39, 0.29) is 0 Å². The average Bonchev–Trinajstić information content (AvgIpc) is 2.98. The summed E-state index contributed by atoms with van der Waals surface area (Å²) in [6.45, 7) is 2.80. The van der Waals surface area contributed by atoms with Gasteiger partial charge in [-0.05, 0) is 29.2 Å². The topological polar surface area (TPSA) is 22.1 Å². The van der Waals surface area contributed by atoms with Gasteiger partial charge in [-0.3, -0.25) is 0 Å². The third-order valence-corrected chi connectivity index (χ3v) is 4.99. The van der Waals surface area contributed by atoms with E-state index in [2.05, 4.69) is 43.3 Å². The molecule has 0 saturated heterocycles. The molecule has 24 heavy (non-hydrogen) atoms. The molecule has 0 N–H and O–H groups in total. The van der Waals surface area contributed by atoms with E-state index in [4.69, 9.17) is 9.72 Å². The van der Waals surface area contributed by atoms with Crippen molar-refractivity contribution in [2.45, 2.75) is 32.8 Å². The summed E-state index contributed by atoms with van der Waals surface area (Å²) in [7, 11) is 1.72. The van der Waals surface area contributed by atoms with E-state index in [0.717, 1.165) is 29.8 Å². The molecule has 3 aromatic rings. The zero-order chi connectivity index (χ0) is 16.8. The van der Waals surface area contributed by atoms with Gasteiger partial charge < -0.3 is 4.74 Å². The van der Waals surface area contributed by atoms with Crippen LogP contribution in [-0.2, 0) is 24.2 Å². The van der Waals surface area contributed by atoms with Gasteiger partial charge in [-0.2, -0.15) is 0 Å². The highest BCUT2D eigenvalue weighted by Crippen LogP contribution is 2.25. The quantitative estimate of drug-likeness (QED) is 0.584. The first-order valence-corrected chi connectivity index (χ1v) is 9.14. The Morgan fingerprint density at radius 3 is 2.62 bits per heavy atom. The number of rotatable bonds is 7. The second kappa shape index (κ2) is 8.22. The lowest BCUT2D eigenvalue weighted by Gasteiger charge is -2.05. The van der Waals surface area contributed by atoms with Gasteiger partial charge in [-0.25, -0.2) is 4.98 Å². The normalized spacial score (nSPS) is 10.9. The maximum Gasteiger partial charge on any atom is 0.119 e. The van der Waals surface area contributed by atoms with Gasteiger partial charge in [0.2, 0.25) is 0 Å². The first kappa shape index (κ1) is 16.9. The van der Waals surface area contributed by atoms with Gasteiger partial charge in [0.1, 0.15) is 5.01 Å². The second-order valence-electron chi connectivity index (χ2n) is 5.81. The van der Waals surface area contributed by atoms with Gasteiger partial charge in [-0.1, -0.05) is 61.9 Å². The number of nitrogens with zero attached hydrogens (tertiary/aromatic N) is 1. The average molecular weight is 336 g/mol. The number of thiazole rings is 1. The molecule has 3 heteroatoms. The molecular formula is C21H22NOS. The van der Waals surface area contributed by atoms with E-state index in [9.17, 15) is 0 Å². The SMILES string of the molecule is CCCc1nc(COC)sc1Cc1ccc(-c2[c]cccc2)cc1. The number of hydrogen-bond donors (Lipinski definition) is 0. The lowest BCUT2D eigenvalue weighted by molar-refractivity contribution is 0.184. The molecule has 0 amide bonds. The minimum Gasteiger partial charge on any atom is -0.378 e. The maximum absolute atomic E-state index is 5.23. The molecule has 3 rings (SSSR count). The van der Waals surface area contributed by atoms with Gasteiger partial charge in [0.05, 0.1) is 12.3 Å². The van der Waals surface area contributed by atoms with Crippen molar-refractivity contribution in [3.63, 3.8) is 0 Å². The number of aryl methyl sites for hydroxylation is 1. The van der Waals surface area contributed by atoms with Gasteiger partial charge in [0.25, 0.3) is 0 Å². The van der Waals surface area contributed by atoms with Crippen LogP contribution in [0.1, 0.15) is 34.5 Å². The van der Waals surface area contributed by atoms with Crippen LogP contribution in [0.15, 0.2) is 48.5 Å². The largest absolute Gasteiger partial charge is 0.378 e. The van der Waals surface area contributed by atoms with E-state index in [0.29, 0.717) is 6.61 Å². The monoisotopic (exact) mass is 336 g/mol. The standard InChI is InChI=1S/C21H22NOS/c1-3-7-19-20(24-21(22-19)15-23-2)14-16-10-12-18(13-11-16)17-8-5-4-6-9-17/h4-6,8,10-13H,3,7,14-15H2,1-2H3. The smallest absolute Gasteiger partial charge is 0.119 e. The van der Waals surface area contributed by atoms with Gasteiger partial charge in [0, 0.05) is 18.4 Å². The molecule has 1 heterocycles. The fraction of sp³-hybridized carbons (Fsp3) is 0.286. The van der Waals surface area contributed by atoms with E-state index >= 15 is 0 Å². The molecule has 0 aliphatic carbocycles. The Labute approximate surface area is 148 Å². The van der Waals surface area contributed by atoms with Crippen molar-refractivity contribution < 1.29 is 4.74 Å². The van der Waals surface area contributed by atoms with Crippen molar-refractivity contribution in [3.05, 3.63) is 75.7 Å². The minimum absolute atomic E-state index is 0.601. The molecule has 1 radical (unpaired) electrons. The van der Waals surface area contributed by atoms with Crippen molar-refractivity contribution in [1.82, 2.24) is 4.98 Å². The zero-order valence-electron chi connectivity index (χ0n) is 14.2. The molecule has 0 aliphatic rings. The highest BCUT2D eigenvalue weighted by Gasteiger charge is 2.11. The van der Waals surface area contributed by atoms with E-state index in [1.54, 1.807) is 18.4 Å². The van der Waals surface area contributed by atoms with Crippen molar-refractivity contribution in [2.75, 3.05) is 7.11 Å². The predicted octanol–water partition coefficient (Wildman–Crippen LogP) is 5.30. The number of ether oxygens (including phenoxy) is 1. The van der Waals surface area contributed by atoms with Crippen LogP contribution < -0.4 is 0 Å². The fourth-order valence-electron chi connectivity index (χ4n) is 2.75. The number of hydrogen-bond acceptors (Lipinski definition) is 3. The zero-order valence-corrected chi connectivity index (χ0v) is 15.0. The van der Waals surface area contributed by atoms with Crippen LogP contribution in [0.5, 0.6) is 0 Å². The molecule has 1 aromatic heterocycles. The van der Waals surface area contributed by atoms with Crippen molar-refractivity contribution >= 4 is 11.3 Å². The molecule has 0 atom stereocenters. The highest BCUT2D eigenvalue weighted by atomic mass is 32.1. The summed E-state index contributed by atoms with van der Waals surface area (Å²) >= 11 is 1.78. The Kier molecular flexibility index (Phi) is 5.78. The lowest BCUT2D eigenvalue weighted by Crippen LogP contribution is -1.93. The summed E-state index contributed by atoms with van der Waals surface area (Å²) < 4.78 is 5.23. The summed E-state index contributed by atoms with van der Waals surface area (Å²) in [5, 5.41) is 1.08. The van der Waals surface area contributed by atoms with Crippen molar-refractivity contribution in [2.24, 2.45) is 0 Å². The summed E-state index contributed by atoms with van der Waals surface area (Å²) in [5.41, 5.74) is 4.89. The van der Waals surface area contributed by atoms with Crippen LogP contribution in [0, 0.1) is 6.07 Å². The minimum atomic E-state index is 0.601. The maximum atomic E-state index is 5.23. The Balaban J connectivity index is 1.78. The van der Waals surface area contributed by atoms with Crippen LogP contribution in [0.2, 0.25) is 0 Å². The van der Waals surface area contributed by atoms with Crippen LogP contribution in [0.25, 0.3) is 11.1 Å². The third-order valence-electron chi connectivity index (χ3n) is 3.92. The van der Waals surface area contributed by atoms with E-state index < -0.39 is 0 Å². The lowest BCUT2D eigenvalue weighted by atomic mass is 10.0. The van der Waals surface area contributed by atoms with Gasteiger partial charge in [0.15, 0.2) is 0 Å². The number of benzene rings is 2. The molecule has 0 saturated carbocycles. The van der Waals surface area contributed by atoms with Gasteiger partial charge in [-0.15, -0.1) is 11.3 Å². The van der Waals surface area contributed by atoms with E-state index in [1.165, 1.54) is 21.7 Å². The molecule has 0 unspecified atom stereocenters. The van der Waals surface area contributed by atoms with Crippen molar-refractivity contribution in [1.29, 1.82) is 0 Å². The highest BCUT2D eigenvalue weighted by molar-refractivity contribution is 7.11. The molecule has 123 valence electrons. The molecule has 2 nitrogen and oxygen atoms in total. The molecule has 0 bridgehead atoms. The Morgan fingerprint density at radius 1 is 1.12 bits per heavy atom. The van der Waals surface area contributed by atoms with Crippen LogP contribution >= 0.6 is 11.3 Å². The molecule has 2 aromatic carbocycles. The molecular weight excluding hydrogens is 314 g/mol. The first-order valence-electron chi connectivity index (χ1n) is 8.32. The van der Waals surface area contributed by atoms with Crippen molar-refractivity contribution in [3.8, 4) is 11.1 Å². The number of methoxy groups -OCH3 is 1. The predicted molar refractivity (Wildman–Crippen MR) is 100 cm³/mol. The first-order chi connectivity index (χ1) is 11.8. The van der Waals surface area contributed by atoms with Crippen LogP contribution in [0.4, 0.5) is 0 Å². The summed E-state index contributed by atoms with van der Waals surface area (Å²) in [4.78, 5) is 6.10. The Morgan fingerprint density at radius 2 is 1.96 bits per heavy atom. The molecule has 0 spiro atoms. The van der Waals surface area contributed by atoms with Crippen LogP contribution in [-0.4, -0.2) is 12.1 Å². The Hall–Kier alpha value is -1.97. The summed E-state index contributed by atoms with van der Waals surface area (Å²) in [6.07, 6.45) is 3.09. The number of aromatic nitrogens is 1. The second-order valence-corrected chi connectivity index (χ2v) is 6.98. The summed E-state index contributed by atoms with van der Waals surface area (Å²) in [6, 6.07) is 20.1. The fourth-order valence-corrected chi connectivity index (χ4v) is 3.87.